The van der Waals surface area contributed by atoms with E-state index in [1.54, 1.807) is 0 Å². The minimum absolute atomic E-state index is 0.164. The van der Waals surface area contributed by atoms with Gasteiger partial charge in [0.15, 0.2) is 0 Å². The Morgan fingerprint density at radius 1 is 1.29 bits per heavy atom. The molecule has 0 aromatic rings. The number of ether oxygens (including phenoxy) is 1. The Labute approximate surface area is 104 Å². The van der Waals surface area contributed by atoms with Crippen molar-refractivity contribution in [2.45, 2.75) is 38.7 Å². The average molecular weight is 231 g/mol. The van der Waals surface area contributed by atoms with Crippen molar-refractivity contribution in [3.63, 3.8) is 0 Å². The number of nitrogens with one attached hydrogen (secondary N) is 1. The molecule has 0 bridgehead atoms. The van der Waals surface area contributed by atoms with Crippen LogP contribution in [0.1, 0.15) is 33.1 Å². The summed E-state index contributed by atoms with van der Waals surface area (Å²) >= 11 is 0. The van der Waals surface area contributed by atoms with Crippen LogP contribution in [0.2, 0.25) is 0 Å². The van der Waals surface area contributed by atoms with Crippen molar-refractivity contribution >= 4 is 0 Å². The predicted molar refractivity (Wildman–Crippen MR) is 71.5 cm³/mol. The highest BCUT2D eigenvalue weighted by Crippen LogP contribution is 2.38. The highest BCUT2D eigenvalue weighted by molar-refractivity contribution is 5.48. The van der Waals surface area contributed by atoms with Gasteiger partial charge in [-0.3, -0.25) is 0 Å². The van der Waals surface area contributed by atoms with E-state index in [2.05, 4.69) is 32.3 Å². The lowest BCUT2D eigenvalue weighted by atomic mass is 9.89. The lowest BCUT2D eigenvalue weighted by Gasteiger charge is -2.35. The van der Waals surface area contributed by atoms with Crippen LogP contribution in [0.4, 0.5) is 0 Å². The zero-order valence-corrected chi connectivity index (χ0v) is 10.8. The fourth-order valence-corrected chi connectivity index (χ4v) is 2.48. The molecule has 0 radical (unpaired) electrons. The van der Waals surface area contributed by atoms with Crippen molar-refractivity contribution in [3.8, 4) is 0 Å². The van der Waals surface area contributed by atoms with Gasteiger partial charge in [-0.05, 0) is 32.3 Å². The standard InChI is InChI=1S/C15H21NO/c1-5-11-10-15(3,4)17-14(12(11)6-2)13-8-7-9-16-13/h5-6,16H,1-2,7-10H2,3-4H3/b14-13-. The SMILES string of the molecule is C=CC1=C(C=C)/C(=C2\CCCN2)OC(C)(C)C1. The second kappa shape index (κ2) is 4.44. The monoisotopic (exact) mass is 231 g/mol. The van der Waals surface area contributed by atoms with Gasteiger partial charge in [0, 0.05) is 18.5 Å². The summed E-state index contributed by atoms with van der Waals surface area (Å²) in [6.07, 6.45) is 6.93. The molecule has 92 valence electrons. The van der Waals surface area contributed by atoms with Crippen molar-refractivity contribution in [3.05, 3.63) is 47.9 Å². The fourth-order valence-electron chi connectivity index (χ4n) is 2.48. The van der Waals surface area contributed by atoms with Gasteiger partial charge in [-0.1, -0.05) is 25.3 Å². The van der Waals surface area contributed by atoms with Gasteiger partial charge in [0.1, 0.15) is 11.4 Å². The maximum atomic E-state index is 6.13. The molecule has 2 nitrogen and oxygen atoms in total. The molecule has 0 aliphatic carbocycles. The summed E-state index contributed by atoms with van der Waals surface area (Å²) in [6, 6.07) is 0. The lowest BCUT2D eigenvalue weighted by molar-refractivity contribution is 0.0302. The van der Waals surface area contributed by atoms with Gasteiger partial charge in [0.2, 0.25) is 0 Å². The highest BCUT2D eigenvalue weighted by Gasteiger charge is 2.31. The van der Waals surface area contributed by atoms with Crippen LogP contribution in [0.3, 0.4) is 0 Å². The van der Waals surface area contributed by atoms with Crippen molar-refractivity contribution in [1.82, 2.24) is 5.32 Å². The largest absolute Gasteiger partial charge is 0.485 e. The van der Waals surface area contributed by atoms with Crippen LogP contribution < -0.4 is 5.32 Å². The maximum absolute atomic E-state index is 6.13. The van der Waals surface area contributed by atoms with E-state index in [1.165, 1.54) is 17.7 Å². The zero-order valence-electron chi connectivity index (χ0n) is 10.8. The number of allylic oxidation sites excluding steroid dienone is 3. The van der Waals surface area contributed by atoms with Crippen LogP contribution >= 0.6 is 0 Å². The minimum atomic E-state index is -0.164. The van der Waals surface area contributed by atoms with Crippen LogP contribution in [-0.2, 0) is 4.74 Å². The Balaban J connectivity index is 2.51. The molecule has 0 atom stereocenters. The quantitative estimate of drug-likeness (QED) is 0.786. The van der Waals surface area contributed by atoms with Gasteiger partial charge in [-0.15, -0.1) is 0 Å². The normalized spacial score (nSPS) is 27.4. The first-order valence-electron chi connectivity index (χ1n) is 6.22. The van der Waals surface area contributed by atoms with Gasteiger partial charge in [0.05, 0.1) is 5.70 Å². The molecule has 2 rings (SSSR count). The number of hydrogen-bond donors (Lipinski definition) is 1. The first kappa shape index (κ1) is 12.0. The molecule has 0 aromatic carbocycles. The third-order valence-corrected chi connectivity index (χ3v) is 3.25. The third-order valence-electron chi connectivity index (χ3n) is 3.25. The molecule has 17 heavy (non-hydrogen) atoms. The fraction of sp³-hybridized carbons (Fsp3) is 0.467. The van der Waals surface area contributed by atoms with Crippen LogP contribution in [0.5, 0.6) is 0 Å². The Morgan fingerprint density at radius 2 is 2.06 bits per heavy atom. The molecule has 1 N–H and O–H groups in total. The second-order valence-corrected chi connectivity index (χ2v) is 5.22. The Hall–Kier alpha value is -1.44. The van der Waals surface area contributed by atoms with Gasteiger partial charge < -0.3 is 10.1 Å². The van der Waals surface area contributed by atoms with Crippen molar-refractivity contribution in [2.75, 3.05) is 6.54 Å². The second-order valence-electron chi connectivity index (χ2n) is 5.22. The zero-order chi connectivity index (χ0) is 12.5. The van der Waals surface area contributed by atoms with E-state index in [1.807, 2.05) is 12.2 Å². The molecule has 2 heterocycles. The van der Waals surface area contributed by atoms with Crippen LogP contribution in [0.25, 0.3) is 0 Å². The van der Waals surface area contributed by atoms with Gasteiger partial charge in [-0.2, -0.15) is 0 Å². The van der Waals surface area contributed by atoms with E-state index in [0.29, 0.717) is 0 Å². The van der Waals surface area contributed by atoms with Crippen molar-refractivity contribution in [1.29, 1.82) is 0 Å². The predicted octanol–water partition coefficient (Wildman–Crippen LogP) is 3.45. The van der Waals surface area contributed by atoms with Crippen molar-refractivity contribution < 1.29 is 4.74 Å². The molecule has 2 aliphatic rings. The smallest absolute Gasteiger partial charge is 0.146 e. The molecule has 0 spiro atoms. The molecule has 0 amide bonds. The number of hydrogen-bond acceptors (Lipinski definition) is 2. The molecular formula is C15H21NO. The van der Waals surface area contributed by atoms with Gasteiger partial charge in [-0.25, -0.2) is 0 Å². The average Bonchev–Trinajstić information content (AvgIpc) is 2.80. The maximum Gasteiger partial charge on any atom is 0.146 e. The molecule has 1 fully saturated rings. The minimum Gasteiger partial charge on any atom is -0.485 e. The molecule has 2 aliphatic heterocycles. The van der Waals surface area contributed by atoms with Gasteiger partial charge >= 0.3 is 0 Å². The molecular weight excluding hydrogens is 210 g/mol. The number of rotatable bonds is 2. The van der Waals surface area contributed by atoms with E-state index in [0.717, 1.165) is 30.7 Å². The van der Waals surface area contributed by atoms with Crippen LogP contribution in [0, 0.1) is 0 Å². The van der Waals surface area contributed by atoms with Gasteiger partial charge in [0.25, 0.3) is 0 Å². The Bertz CT molecular complexity index is 405. The summed E-state index contributed by atoms with van der Waals surface area (Å²) in [6.45, 7) is 13.1. The summed E-state index contributed by atoms with van der Waals surface area (Å²) in [5, 5.41) is 3.41. The molecule has 1 saturated heterocycles. The van der Waals surface area contributed by atoms with E-state index in [9.17, 15) is 0 Å². The molecule has 2 heteroatoms. The Morgan fingerprint density at radius 3 is 2.59 bits per heavy atom. The summed E-state index contributed by atoms with van der Waals surface area (Å²) in [5.74, 6) is 0.976. The van der Waals surface area contributed by atoms with E-state index >= 15 is 0 Å². The summed E-state index contributed by atoms with van der Waals surface area (Å²) in [7, 11) is 0. The van der Waals surface area contributed by atoms with Crippen LogP contribution in [0.15, 0.2) is 47.9 Å². The molecule has 0 unspecified atom stereocenters. The summed E-state index contributed by atoms with van der Waals surface area (Å²) in [4.78, 5) is 0. The molecule has 0 aromatic heterocycles. The lowest BCUT2D eigenvalue weighted by Crippen LogP contribution is -2.30. The third kappa shape index (κ3) is 2.31. The van der Waals surface area contributed by atoms with E-state index < -0.39 is 0 Å². The molecule has 0 saturated carbocycles. The first-order valence-corrected chi connectivity index (χ1v) is 6.22. The first-order chi connectivity index (χ1) is 8.07. The summed E-state index contributed by atoms with van der Waals surface area (Å²) in [5.41, 5.74) is 3.38. The highest BCUT2D eigenvalue weighted by atomic mass is 16.5. The van der Waals surface area contributed by atoms with E-state index in [4.69, 9.17) is 4.74 Å². The van der Waals surface area contributed by atoms with E-state index in [-0.39, 0.29) is 5.60 Å². The summed E-state index contributed by atoms with van der Waals surface area (Å²) < 4.78 is 6.13. The van der Waals surface area contributed by atoms with Crippen LogP contribution in [-0.4, -0.2) is 12.1 Å². The topological polar surface area (TPSA) is 21.3 Å². The van der Waals surface area contributed by atoms with Crippen molar-refractivity contribution in [2.24, 2.45) is 0 Å². The Kier molecular flexibility index (Phi) is 3.14.